The molecular formula is C13H20N2. The summed E-state index contributed by atoms with van der Waals surface area (Å²) in [5, 5.41) is 0. The Kier molecular flexibility index (Phi) is 2.70. The van der Waals surface area contributed by atoms with Crippen molar-refractivity contribution in [3.8, 4) is 0 Å². The number of rotatable bonds is 2. The standard InChI is InChI=1S/C13H20N2/c1-10-4-5-11(8-12(10)15)13(9-14)6-2-3-7-13/h4-5,8H,2-3,6-7,9,14-15H2,1H3. The minimum atomic E-state index is 0.210. The molecule has 1 aromatic carbocycles. The highest BCUT2D eigenvalue weighted by Gasteiger charge is 2.34. The van der Waals surface area contributed by atoms with Crippen LogP contribution in [-0.4, -0.2) is 6.54 Å². The van der Waals surface area contributed by atoms with E-state index in [4.69, 9.17) is 11.5 Å². The number of nitrogen functional groups attached to an aromatic ring is 1. The van der Waals surface area contributed by atoms with E-state index in [1.165, 1.54) is 31.2 Å². The van der Waals surface area contributed by atoms with Gasteiger partial charge >= 0.3 is 0 Å². The zero-order chi connectivity index (χ0) is 10.9. The fourth-order valence-corrected chi connectivity index (χ4v) is 2.63. The predicted octanol–water partition coefficient (Wildman–Crippen LogP) is 2.35. The van der Waals surface area contributed by atoms with E-state index in [0.717, 1.165) is 17.8 Å². The van der Waals surface area contributed by atoms with Gasteiger partial charge < -0.3 is 11.5 Å². The summed E-state index contributed by atoms with van der Waals surface area (Å²) in [6.45, 7) is 2.79. The SMILES string of the molecule is Cc1ccc(C2(CN)CCCC2)cc1N. The quantitative estimate of drug-likeness (QED) is 0.726. The Morgan fingerprint density at radius 2 is 1.93 bits per heavy atom. The predicted molar refractivity (Wildman–Crippen MR) is 64.8 cm³/mol. The second-order valence-electron chi connectivity index (χ2n) is 4.76. The minimum Gasteiger partial charge on any atom is -0.399 e. The molecule has 2 nitrogen and oxygen atoms in total. The van der Waals surface area contributed by atoms with E-state index in [1.54, 1.807) is 0 Å². The molecule has 0 atom stereocenters. The minimum absolute atomic E-state index is 0.210. The normalized spacial score (nSPS) is 19.3. The zero-order valence-electron chi connectivity index (χ0n) is 9.42. The topological polar surface area (TPSA) is 52.0 Å². The number of hydrogen-bond donors (Lipinski definition) is 2. The first-order valence-corrected chi connectivity index (χ1v) is 5.75. The highest BCUT2D eigenvalue weighted by atomic mass is 14.6. The molecule has 2 rings (SSSR count). The third-order valence-electron chi connectivity index (χ3n) is 3.84. The van der Waals surface area contributed by atoms with Crippen molar-refractivity contribution < 1.29 is 0 Å². The lowest BCUT2D eigenvalue weighted by Gasteiger charge is -2.28. The molecule has 1 fully saturated rings. The maximum absolute atomic E-state index is 5.96. The largest absolute Gasteiger partial charge is 0.399 e. The molecular weight excluding hydrogens is 184 g/mol. The fourth-order valence-electron chi connectivity index (χ4n) is 2.63. The van der Waals surface area contributed by atoms with Gasteiger partial charge in [-0.25, -0.2) is 0 Å². The summed E-state index contributed by atoms with van der Waals surface area (Å²) in [5.74, 6) is 0. The Morgan fingerprint density at radius 1 is 1.27 bits per heavy atom. The molecule has 1 aliphatic rings. The Morgan fingerprint density at radius 3 is 2.47 bits per heavy atom. The van der Waals surface area contributed by atoms with Crippen LogP contribution in [0.5, 0.6) is 0 Å². The molecule has 0 bridgehead atoms. The average molecular weight is 204 g/mol. The highest BCUT2D eigenvalue weighted by Crippen LogP contribution is 2.40. The number of benzene rings is 1. The molecule has 0 saturated heterocycles. The molecule has 0 spiro atoms. The Bertz CT molecular complexity index is 352. The highest BCUT2D eigenvalue weighted by molar-refractivity contribution is 5.50. The summed E-state index contributed by atoms with van der Waals surface area (Å²) >= 11 is 0. The van der Waals surface area contributed by atoms with Crippen molar-refractivity contribution in [2.24, 2.45) is 5.73 Å². The molecule has 4 N–H and O–H groups in total. The van der Waals surface area contributed by atoms with E-state index < -0.39 is 0 Å². The summed E-state index contributed by atoms with van der Waals surface area (Å²) in [4.78, 5) is 0. The molecule has 0 heterocycles. The van der Waals surface area contributed by atoms with Crippen LogP contribution in [0.15, 0.2) is 18.2 Å². The average Bonchev–Trinajstić information content (AvgIpc) is 2.72. The smallest absolute Gasteiger partial charge is 0.0346 e. The van der Waals surface area contributed by atoms with Crippen LogP contribution >= 0.6 is 0 Å². The molecule has 0 radical (unpaired) electrons. The van der Waals surface area contributed by atoms with Gasteiger partial charge in [-0.1, -0.05) is 25.0 Å². The second kappa shape index (κ2) is 3.86. The van der Waals surface area contributed by atoms with Crippen LogP contribution in [-0.2, 0) is 5.41 Å². The maximum Gasteiger partial charge on any atom is 0.0346 e. The number of anilines is 1. The lowest BCUT2D eigenvalue weighted by molar-refractivity contribution is 0.453. The van der Waals surface area contributed by atoms with Gasteiger partial charge in [0.15, 0.2) is 0 Å². The van der Waals surface area contributed by atoms with Crippen molar-refractivity contribution in [1.82, 2.24) is 0 Å². The van der Waals surface area contributed by atoms with Gasteiger partial charge in [0.1, 0.15) is 0 Å². The first-order valence-electron chi connectivity index (χ1n) is 5.75. The molecule has 1 aromatic rings. The van der Waals surface area contributed by atoms with E-state index in [9.17, 15) is 0 Å². The van der Waals surface area contributed by atoms with Crippen molar-refractivity contribution in [3.05, 3.63) is 29.3 Å². The van der Waals surface area contributed by atoms with E-state index >= 15 is 0 Å². The molecule has 0 aromatic heterocycles. The fraction of sp³-hybridized carbons (Fsp3) is 0.538. The van der Waals surface area contributed by atoms with E-state index in [-0.39, 0.29) is 5.41 Å². The summed E-state index contributed by atoms with van der Waals surface area (Å²) < 4.78 is 0. The number of hydrogen-bond acceptors (Lipinski definition) is 2. The third-order valence-corrected chi connectivity index (χ3v) is 3.84. The van der Waals surface area contributed by atoms with Gasteiger partial charge in [-0.05, 0) is 37.0 Å². The third kappa shape index (κ3) is 1.74. The lowest BCUT2D eigenvalue weighted by Crippen LogP contribution is -2.32. The lowest BCUT2D eigenvalue weighted by atomic mass is 9.78. The van der Waals surface area contributed by atoms with Crippen molar-refractivity contribution >= 4 is 5.69 Å². The molecule has 0 amide bonds. The summed E-state index contributed by atoms with van der Waals surface area (Å²) in [5.41, 5.74) is 15.5. The summed E-state index contributed by atoms with van der Waals surface area (Å²) in [6, 6.07) is 6.43. The monoisotopic (exact) mass is 204 g/mol. The van der Waals surface area contributed by atoms with Gasteiger partial charge in [0, 0.05) is 17.6 Å². The van der Waals surface area contributed by atoms with Gasteiger partial charge in [-0.2, -0.15) is 0 Å². The van der Waals surface area contributed by atoms with Gasteiger partial charge in [0.2, 0.25) is 0 Å². The van der Waals surface area contributed by atoms with Crippen molar-refractivity contribution in [1.29, 1.82) is 0 Å². The number of nitrogens with two attached hydrogens (primary N) is 2. The summed E-state index contributed by atoms with van der Waals surface area (Å²) in [6.07, 6.45) is 5.02. The first kappa shape index (κ1) is 10.5. The van der Waals surface area contributed by atoms with Crippen LogP contribution in [0.1, 0.15) is 36.8 Å². The molecule has 0 unspecified atom stereocenters. The van der Waals surface area contributed by atoms with Gasteiger partial charge in [-0.3, -0.25) is 0 Å². The van der Waals surface area contributed by atoms with Gasteiger partial charge in [0.05, 0.1) is 0 Å². The molecule has 2 heteroatoms. The molecule has 1 aliphatic carbocycles. The molecule has 1 saturated carbocycles. The van der Waals surface area contributed by atoms with Crippen LogP contribution in [0.2, 0.25) is 0 Å². The van der Waals surface area contributed by atoms with Gasteiger partial charge in [0.25, 0.3) is 0 Å². The van der Waals surface area contributed by atoms with Crippen LogP contribution in [0.3, 0.4) is 0 Å². The van der Waals surface area contributed by atoms with Crippen LogP contribution in [0, 0.1) is 6.92 Å². The Labute approximate surface area is 91.7 Å². The van der Waals surface area contributed by atoms with Crippen LogP contribution in [0.25, 0.3) is 0 Å². The number of aryl methyl sites for hydroxylation is 1. The summed E-state index contributed by atoms with van der Waals surface area (Å²) in [7, 11) is 0. The Balaban J connectivity index is 2.38. The zero-order valence-corrected chi connectivity index (χ0v) is 9.42. The van der Waals surface area contributed by atoms with E-state index in [0.29, 0.717) is 0 Å². The van der Waals surface area contributed by atoms with Crippen LogP contribution < -0.4 is 11.5 Å². The van der Waals surface area contributed by atoms with Crippen molar-refractivity contribution in [3.63, 3.8) is 0 Å². The molecule has 15 heavy (non-hydrogen) atoms. The van der Waals surface area contributed by atoms with Crippen molar-refractivity contribution in [2.45, 2.75) is 38.0 Å². The van der Waals surface area contributed by atoms with Crippen molar-refractivity contribution in [2.75, 3.05) is 12.3 Å². The van der Waals surface area contributed by atoms with Crippen LogP contribution in [0.4, 0.5) is 5.69 Å². The maximum atomic E-state index is 5.96. The van der Waals surface area contributed by atoms with E-state index in [1.807, 2.05) is 6.92 Å². The first-order chi connectivity index (χ1) is 7.18. The Hall–Kier alpha value is -1.02. The molecule has 0 aliphatic heterocycles. The second-order valence-corrected chi connectivity index (χ2v) is 4.76. The molecule has 82 valence electrons. The van der Waals surface area contributed by atoms with Gasteiger partial charge in [-0.15, -0.1) is 0 Å². The van der Waals surface area contributed by atoms with E-state index in [2.05, 4.69) is 18.2 Å².